The fourth-order valence-corrected chi connectivity index (χ4v) is 2.60. The lowest BCUT2D eigenvalue weighted by molar-refractivity contribution is -0.384. The zero-order valence-electron chi connectivity index (χ0n) is 13.1. The number of methoxy groups -OCH3 is 1. The SMILES string of the molecule is COc1ccc([N+](=O)[O-])cc1NC(=O)C(=O)N1CCCC(C)C1. The van der Waals surface area contributed by atoms with E-state index in [2.05, 4.69) is 5.32 Å². The van der Waals surface area contributed by atoms with Crippen molar-refractivity contribution in [2.45, 2.75) is 19.8 Å². The first-order valence-electron chi connectivity index (χ1n) is 7.35. The summed E-state index contributed by atoms with van der Waals surface area (Å²) in [6.45, 7) is 3.11. The maximum absolute atomic E-state index is 12.2. The van der Waals surface area contributed by atoms with Gasteiger partial charge in [0.1, 0.15) is 5.75 Å². The molecule has 1 aliphatic heterocycles. The van der Waals surface area contributed by atoms with Gasteiger partial charge in [-0.15, -0.1) is 0 Å². The van der Waals surface area contributed by atoms with Gasteiger partial charge in [0.05, 0.1) is 17.7 Å². The van der Waals surface area contributed by atoms with Crippen molar-refractivity contribution >= 4 is 23.2 Å². The Kier molecular flexibility index (Phi) is 5.15. The number of nitrogens with zero attached hydrogens (tertiary/aromatic N) is 2. The molecule has 1 aromatic rings. The first-order chi connectivity index (χ1) is 10.9. The van der Waals surface area contributed by atoms with Crippen molar-refractivity contribution in [2.75, 3.05) is 25.5 Å². The van der Waals surface area contributed by atoms with Crippen LogP contribution in [0.15, 0.2) is 18.2 Å². The number of carbonyl (C=O) groups is 2. The Morgan fingerprint density at radius 2 is 2.17 bits per heavy atom. The lowest BCUT2D eigenvalue weighted by atomic mass is 10.0. The molecule has 1 aliphatic rings. The minimum absolute atomic E-state index is 0.102. The second-order valence-electron chi connectivity index (χ2n) is 5.59. The van der Waals surface area contributed by atoms with Gasteiger partial charge < -0.3 is 15.0 Å². The molecule has 1 atom stereocenters. The number of ether oxygens (including phenoxy) is 1. The van der Waals surface area contributed by atoms with E-state index in [1.807, 2.05) is 6.92 Å². The molecule has 1 N–H and O–H groups in total. The summed E-state index contributed by atoms with van der Waals surface area (Å²) in [5, 5.41) is 13.2. The van der Waals surface area contributed by atoms with E-state index in [-0.39, 0.29) is 17.1 Å². The van der Waals surface area contributed by atoms with Crippen LogP contribution in [0.1, 0.15) is 19.8 Å². The summed E-state index contributed by atoms with van der Waals surface area (Å²) in [5.74, 6) is -0.848. The predicted molar refractivity (Wildman–Crippen MR) is 83.3 cm³/mol. The maximum Gasteiger partial charge on any atom is 0.314 e. The molecule has 0 aromatic heterocycles. The number of piperidine rings is 1. The molecule has 0 bridgehead atoms. The van der Waals surface area contributed by atoms with Gasteiger partial charge in [-0.05, 0) is 24.8 Å². The highest BCUT2D eigenvalue weighted by molar-refractivity contribution is 6.39. The lowest BCUT2D eigenvalue weighted by Gasteiger charge is -2.30. The fraction of sp³-hybridized carbons (Fsp3) is 0.467. The normalized spacial score (nSPS) is 17.5. The van der Waals surface area contributed by atoms with Crippen molar-refractivity contribution in [3.8, 4) is 5.75 Å². The Morgan fingerprint density at radius 1 is 1.43 bits per heavy atom. The molecule has 2 amide bonds. The molecule has 0 radical (unpaired) electrons. The lowest BCUT2D eigenvalue weighted by Crippen LogP contribution is -2.44. The number of carbonyl (C=O) groups excluding carboxylic acids is 2. The summed E-state index contributed by atoms with van der Waals surface area (Å²) in [6.07, 6.45) is 1.89. The first-order valence-corrected chi connectivity index (χ1v) is 7.35. The molecular formula is C15H19N3O5. The van der Waals surface area contributed by atoms with Crippen LogP contribution >= 0.6 is 0 Å². The Balaban J connectivity index is 2.14. The van der Waals surface area contributed by atoms with Gasteiger partial charge >= 0.3 is 11.8 Å². The average molecular weight is 321 g/mol. The van der Waals surface area contributed by atoms with Crippen molar-refractivity contribution in [3.63, 3.8) is 0 Å². The summed E-state index contributed by atoms with van der Waals surface area (Å²) in [5.41, 5.74) is -0.0924. The monoisotopic (exact) mass is 321 g/mol. The van der Waals surface area contributed by atoms with Crippen molar-refractivity contribution in [2.24, 2.45) is 5.92 Å². The zero-order valence-corrected chi connectivity index (χ0v) is 13.1. The largest absolute Gasteiger partial charge is 0.495 e. The molecular weight excluding hydrogens is 302 g/mol. The molecule has 0 spiro atoms. The third kappa shape index (κ3) is 3.97. The van der Waals surface area contributed by atoms with Gasteiger partial charge in [0, 0.05) is 25.2 Å². The Labute approximate surface area is 133 Å². The number of nitro groups is 1. The number of non-ortho nitro benzene ring substituents is 1. The van der Waals surface area contributed by atoms with Crippen molar-refractivity contribution in [1.29, 1.82) is 0 Å². The summed E-state index contributed by atoms with van der Waals surface area (Å²) in [6, 6.07) is 3.81. The number of likely N-dealkylation sites (tertiary alicyclic amines) is 1. The van der Waals surface area contributed by atoms with Crippen LogP contribution < -0.4 is 10.1 Å². The van der Waals surface area contributed by atoms with Crippen LogP contribution in [0.4, 0.5) is 11.4 Å². The van der Waals surface area contributed by atoms with Crippen molar-refractivity contribution < 1.29 is 19.2 Å². The molecule has 2 rings (SSSR count). The number of nitrogens with one attached hydrogen (secondary N) is 1. The van der Waals surface area contributed by atoms with Crippen LogP contribution in [0, 0.1) is 16.0 Å². The van der Waals surface area contributed by atoms with Crippen LogP contribution in [-0.2, 0) is 9.59 Å². The molecule has 0 saturated carbocycles. The second kappa shape index (κ2) is 7.08. The molecule has 1 aromatic carbocycles. The first kappa shape index (κ1) is 16.7. The zero-order chi connectivity index (χ0) is 17.0. The minimum Gasteiger partial charge on any atom is -0.495 e. The highest BCUT2D eigenvalue weighted by atomic mass is 16.6. The van der Waals surface area contributed by atoms with E-state index in [4.69, 9.17) is 4.74 Å². The predicted octanol–water partition coefficient (Wildman–Crippen LogP) is 1.80. The van der Waals surface area contributed by atoms with Crippen LogP contribution in [0.2, 0.25) is 0 Å². The summed E-state index contributed by atoms with van der Waals surface area (Å²) < 4.78 is 5.06. The standard InChI is InChI=1S/C15H19N3O5/c1-10-4-3-7-17(9-10)15(20)14(19)16-12-8-11(18(21)22)5-6-13(12)23-2/h5-6,8,10H,3-4,7,9H2,1-2H3,(H,16,19). The summed E-state index contributed by atoms with van der Waals surface area (Å²) in [4.78, 5) is 36.1. The summed E-state index contributed by atoms with van der Waals surface area (Å²) >= 11 is 0. The highest BCUT2D eigenvalue weighted by Gasteiger charge is 2.27. The van der Waals surface area contributed by atoms with Crippen LogP contribution in [0.5, 0.6) is 5.75 Å². The highest BCUT2D eigenvalue weighted by Crippen LogP contribution is 2.29. The third-order valence-electron chi connectivity index (χ3n) is 3.78. The van der Waals surface area contributed by atoms with Gasteiger partial charge in [-0.3, -0.25) is 19.7 Å². The molecule has 1 saturated heterocycles. The average Bonchev–Trinajstić information content (AvgIpc) is 2.53. The van der Waals surface area contributed by atoms with E-state index in [9.17, 15) is 19.7 Å². The minimum atomic E-state index is -0.821. The number of benzene rings is 1. The van der Waals surface area contributed by atoms with Crippen LogP contribution in [0.3, 0.4) is 0 Å². The van der Waals surface area contributed by atoms with Gasteiger partial charge in [-0.2, -0.15) is 0 Å². The van der Waals surface area contributed by atoms with Crippen LogP contribution in [0.25, 0.3) is 0 Å². The van der Waals surface area contributed by atoms with E-state index in [0.29, 0.717) is 19.0 Å². The van der Waals surface area contributed by atoms with Gasteiger partial charge in [-0.1, -0.05) is 6.92 Å². The number of hydrogen-bond acceptors (Lipinski definition) is 5. The molecule has 1 fully saturated rings. The maximum atomic E-state index is 12.2. The molecule has 1 unspecified atom stereocenters. The van der Waals surface area contributed by atoms with Gasteiger partial charge in [-0.25, -0.2) is 0 Å². The van der Waals surface area contributed by atoms with E-state index in [0.717, 1.165) is 12.8 Å². The van der Waals surface area contributed by atoms with E-state index >= 15 is 0 Å². The Morgan fingerprint density at radius 3 is 2.78 bits per heavy atom. The number of anilines is 1. The number of hydrogen-bond donors (Lipinski definition) is 1. The van der Waals surface area contributed by atoms with Gasteiger partial charge in [0.15, 0.2) is 0 Å². The third-order valence-corrected chi connectivity index (χ3v) is 3.78. The van der Waals surface area contributed by atoms with Crippen molar-refractivity contribution in [3.05, 3.63) is 28.3 Å². The Hall–Kier alpha value is -2.64. The van der Waals surface area contributed by atoms with E-state index < -0.39 is 16.7 Å². The van der Waals surface area contributed by atoms with Gasteiger partial charge in [0.25, 0.3) is 5.69 Å². The van der Waals surface area contributed by atoms with Crippen LogP contribution in [-0.4, -0.2) is 41.8 Å². The van der Waals surface area contributed by atoms with Crippen molar-refractivity contribution in [1.82, 2.24) is 4.90 Å². The molecule has 8 heteroatoms. The number of nitro benzene ring substituents is 1. The smallest absolute Gasteiger partial charge is 0.314 e. The summed E-state index contributed by atoms with van der Waals surface area (Å²) in [7, 11) is 1.38. The fourth-order valence-electron chi connectivity index (χ4n) is 2.60. The molecule has 23 heavy (non-hydrogen) atoms. The quantitative estimate of drug-likeness (QED) is 0.519. The Bertz CT molecular complexity index is 632. The molecule has 124 valence electrons. The van der Waals surface area contributed by atoms with E-state index in [1.54, 1.807) is 0 Å². The molecule has 8 nitrogen and oxygen atoms in total. The second-order valence-corrected chi connectivity index (χ2v) is 5.59. The van der Waals surface area contributed by atoms with E-state index in [1.165, 1.54) is 30.2 Å². The number of rotatable bonds is 3. The van der Waals surface area contributed by atoms with Gasteiger partial charge in [0.2, 0.25) is 0 Å². The number of amides is 2. The topological polar surface area (TPSA) is 102 Å². The molecule has 1 heterocycles. The molecule has 0 aliphatic carbocycles.